The summed E-state index contributed by atoms with van der Waals surface area (Å²) in [5.41, 5.74) is 0.767. The largest absolute Gasteiger partial charge is 0.497 e. The Morgan fingerprint density at radius 1 is 0.977 bits per heavy atom. The van der Waals surface area contributed by atoms with Crippen LogP contribution in [-0.2, 0) is 26.2 Å². The summed E-state index contributed by atoms with van der Waals surface area (Å²) in [5.74, 6) is -0.298. The second-order valence-electron chi connectivity index (χ2n) is 10.4. The van der Waals surface area contributed by atoms with Gasteiger partial charge < -0.3 is 24.4 Å². The molecule has 0 bridgehead atoms. The summed E-state index contributed by atoms with van der Waals surface area (Å²) in [6, 6.07) is 15.1. The Kier molecular flexibility index (Phi) is 10.7. The second kappa shape index (κ2) is 14.4. The number of benzene rings is 3. The molecule has 4 rings (SSSR count). The maximum atomic E-state index is 14.2. The van der Waals surface area contributed by atoms with Gasteiger partial charge in [0.2, 0.25) is 11.8 Å². The first-order chi connectivity index (χ1) is 21.1. The van der Waals surface area contributed by atoms with Gasteiger partial charge in [-0.25, -0.2) is 12.8 Å². The minimum atomic E-state index is -4.38. The van der Waals surface area contributed by atoms with E-state index in [-0.39, 0.29) is 47.9 Å². The Bertz CT molecular complexity index is 1570. The number of nitrogens with zero attached hydrogens (tertiary/aromatic N) is 2. The molecule has 0 fully saturated rings. The monoisotopic (exact) mass is 627 g/mol. The van der Waals surface area contributed by atoms with Crippen molar-refractivity contribution >= 4 is 27.5 Å². The lowest BCUT2D eigenvalue weighted by molar-refractivity contribution is -0.140. The smallest absolute Gasteiger partial charge is 0.264 e. The van der Waals surface area contributed by atoms with Crippen molar-refractivity contribution in [3.8, 4) is 17.2 Å². The molecule has 12 heteroatoms. The zero-order valence-corrected chi connectivity index (χ0v) is 26.1. The van der Waals surface area contributed by atoms with Crippen LogP contribution >= 0.6 is 0 Å². The summed E-state index contributed by atoms with van der Waals surface area (Å²) >= 11 is 0. The van der Waals surface area contributed by atoms with Gasteiger partial charge in [0, 0.05) is 18.7 Å². The number of ether oxygens (including phenoxy) is 3. The lowest BCUT2D eigenvalue weighted by atomic mass is 10.1. The van der Waals surface area contributed by atoms with E-state index in [1.54, 1.807) is 31.2 Å². The van der Waals surface area contributed by atoms with E-state index in [1.807, 2.05) is 13.8 Å². The number of carbonyl (C=O) groups excluding carboxylic acids is 2. The number of hydrogen-bond donors (Lipinski definition) is 1. The van der Waals surface area contributed by atoms with E-state index in [0.717, 1.165) is 16.4 Å². The predicted octanol–water partition coefficient (Wildman–Crippen LogP) is 4.52. The normalized spacial score (nSPS) is 13.8. The third kappa shape index (κ3) is 7.60. The topological polar surface area (TPSA) is 114 Å². The van der Waals surface area contributed by atoms with Crippen LogP contribution in [0.1, 0.15) is 39.2 Å². The third-order valence-electron chi connectivity index (χ3n) is 7.37. The van der Waals surface area contributed by atoms with E-state index < -0.39 is 34.3 Å². The van der Waals surface area contributed by atoms with Gasteiger partial charge in [-0.2, -0.15) is 0 Å². The quantitative estimate of drug-likeness (QED) is 0.296. The molecule has 2 atom stereocenters. The highest BCUT2D eigenvalue weighted by Crippen LogP contribution is 2.34. The van der Waals surface area contributed by atoms with Crippen LogP contribution in [-0.4, -0.2) is 64.1 Å². The van der Waals surface area contributed by atoms with Gasteiger partial charge in [-0.1, -0.05) is 26.0 Å². The Morgan fingerprint density at radius 3 is 2.34 bits per heavy atom. The van der Waals surface area contributed by atoms with Gasteiger partial charge in [-0.15, -0.1) is 0 Å². The number of anilines is 1. The molecule has 1 N–H and O–H groups in total. The van der Waals surface area contributed by atoms with E-state index in [4.69, 9.17) is 14.2 Å². The van der Waals surface area contributed by atoms with Gasteiger partial charge in [-0.3, -0.25) is 13.9 Å². The van der Waals surface area contributed by atoms with Crippen molar-refractivity contribution in [3.05, 3.63) is 78.1 Å². The number of nitrogens with one attached hydrogen (secondary N) is 1. The van der Waals surface area contributed by atoms with Crippen LogP contribution in [0.5, 0.6) is 17.2 Å². The number of halogens is 1. The minimum absolute atomic E-state index is 0.0177. The van der Waals surface area contributed by atoms with Gasteiger partial charge in [0.25, 0.3) is 10.0 Å². The van der Waals surface area contributed by atoms with Gasteiger partial charge in [0.05, 0.1) is 17.7 Å². The fourth-order valence-electron chi connectivity index (χ4n) is 4.78. The van der Waals surface area contributed by atoms with E-state index in [0.29, 0.717) is 30.1 Å². The summed E-state index contributed by atoms with van der Waals surface area (Å²) < 4.78 is 59.5. The van der Waals surface area contributed by atoms with E-state index in [9.17, 15) is 22.4 Å². The second-order valence-corrected chi connectivity index (χ2v) is 12.3. The molecule has 236 valence electrons. The highest BCUT2D eigenvalue weighted by molar-refractivity contribution is 7.92. The Labute approximate surface area is 257 Å². The van der Waals surface area contributed by atoms with Gasteiger partial charge in [0.15, 0.2) is 11.5 Å². The number of rotatable bonds is 13. The summed E-state index contributed by atoms with van der Waals surface area (Å²) in [6.45, 7) is 5.55. The van der Waals surface area contributed by atoms with Crippen LogP contribution in [0.3, 0.4) is 0 Å². The Hall–Kier alpha value is -4.32. The van der Waals surface area contributed by atoms with Crippen LogP contribution in [0.25, 0.3) is 0 Å². The van der Waals surface area contributed by atoms with Gasteiger partial charge in [-0.05, 0) is 73.9 Å². The van der Waals surface area contributed by atoms with Gasteiger partial charge in [0.1, 0.15) is 37.4 Å². The van der Waals surface area contributed by atoms with Crippen LogP contribution in [0.15, 0.2) is 71.6 Å². The number of amides is 2. The molecule has 0 radical (unpaired) electrons. The number of sulfonamides is 1. The Balaban J connectivity index is 1.75. The average Bonchev–Trinajstić information content (AvgIpc) is 3.03. The summed E-state index contributed by atoms with van der Waals surface area (Å²) in [4.78, 5) is 28.9. The maximum absolute atomic E-state index is 14.2. The molecule has 2 amide bonds. The molecule has 1 heterocycles. The van der Waals surface area contributed by atoms with Crippen molar-refractivity contribution in [2.24, 2.45) is 0 Å². The average molecular weight is 628 g/mol. The maximum Gasteiger partial charge on any atom is 0.264 e. The number of fused-ring (bicyclic) bond motifs is 1. The molecule has 3 aromatic carbocycles. The molecular weight excluding hydrogens is 589 g/mol. The van der Waals surface area contributed by atoms with Gasteiger partial charge >= 0.3 is 0 Å². The zero-order valence-electron chi connectivity index (χ0n) is 25.3. The predicted molar refractivity (Wildman–Crippen MR) is 164 cm³/mol. The van der Waals surface area contributed by atoms with Crippen molar-refractivity contribution in [1.82, 2.24) is 10.2 Å². The van der Waals surface area contributed by atoms with Crippen molar-refractivity contribution in [2.45, 2.75) is 57.1 Å². The summed E-state index contributed by atoms with van der Waals surface area (Å²) in [6.07, 6.45) is 0.974. The van der Waals surface area contributed by atoms with Crippen molar-refractivity contribution in [2.75, 3.05) is 31.2 Å². The molecule has 0 spiro atoms. The van der Waals surface area contributed by atoms with Crippen LogP contribution < -0.4 is 23.8 Å². The molecule has 0 saturated carbocycles. The van der Waals surface area contributed by atoms with Crippen molar-refractivity contribution < 1.29 is 36.6 Å². The van der Waals surface area contributed by atoms with Crippen LogP contribution in [0.4, 0.5) is 10.1 Å². The zero-order chi connectivity index (χ0) is 31.9. The first kappa shape index (κ1) is 32.6. The summed E-state index contributed by atoms with van der Waals surface area (Å²) in [7, 11) is -2.85. The Morgan fingerprint density at radius 2 is 1.68 bits per heavy atom. The van der Waals surface area contributed by atoms with E-state index >= 15 is 0 Å². The lowest BCUT2D eigenvalue weighted by Gasteiger charge is -2.34. The fraction of sp³-hybridized carbons (Fsp3) is 0.375. The number of methoxy groups -OCH3 is 1. The van der Waals surface area contributed by atoms with Crippen LogP contribution in [0, 0.1) is 5.82 Å². The first-order valence-electron chi connectivity index (χ1n) is 14.5. The molecular formula is C32H38FN3O7S. The number of carbonyl (C=O) groups is 2. The van der Waals surface area contributed by atoms with Crippen molar-refractivity contribution in [1.29, 1.82) is 0 Å². The molecule has 10 nitrogen and oxygen atoms in total. The van der Waals surface area contributed by atoms with Crippen LogP contribution in [0.2, 0.25) is 0 Å². The molecule has 1 aliphatic heterocycles. The third-order valence-corrected chi connectivity index (χ3v) is 9.14. The van der Waals surface area contributed by atoms with Crippen molar-refractivity contribution in [3.63, 3.8) is 0 Å². The SMILES string of the molecule is CCC(C)NC(=O)C(CC)N(Cc1cccc(OC)c1)C(=O)CN(c1ccc(F)cc1)S(=O)(=O)c1ccc2c(c1)OCCO2. The molecule has 44 heavy (non-hydrogen) atoms. The molecule has 0 saturated heterocycles. The number of hydrogen-bond acceptors (Lipinski definition) is 7. The van der Waals surface area contributed by atoms with E-state index in [1.165, 1.54) is 42.3 Å². The standard InChI is InChI=1S/C32H38FN3O7S/c1-5-22(3)34-32(38)28(6-2)35(20-23-8-7-9-26(18-23)41-4)31(37)21-36(25-12-10-24(33)11-13-25)44(39,40)27-14-15-29-30(19-27)43-17-16-42-29/h7-15,18-19,22,28H,5-6,16-17,20-21H2,1-4H3,(H,34,38). The highest BCUT2D eigenvalue weighted by Gasteiger charge is 2.34. The summed E-state index contributed by atoms with van der Waals surface area (Å²) in [5, 5.41) is 2.94. The first-order valence-corrected chi connectivity index (χ1v) is 15.9. The fourth-order valence-corrected chi connectivity index (χ4v) is 6.21. The molecule has 0 aromatic heterocycles. The minimum Gasteiger partial charge on any atom is -0.497 e. The lowest BCUT2D eigenvalue weighted by Crippen LogP contribution is -2.53. The molecule has 0 aliphatic carbocycles. The highest BCUT2D eigenvalue weighted by atomic mass is 32.2. The molecule has 2 unspecified atom stereocenters. The molecule has 3 aromatic rings. The van der Waals surface area contributed by atoms with E-state index in [2.05, 4.69) is 5.32 Å². The molecule has 1 aliphatic rings.